The summed E-state index contributed by atoms with van der Waals surface area (Å²) in [5.41, 5.74) is 4.42. The lowest BCUT2D eigenvalue weighted by Crippen LogP contribution is -2.37. The minimum absolute atomic E-state index is 0.515. The van der Waals surface area contributed by atoms with Gasteiger partial charge in [0.1, 0.15) is 11.9 Å². The number of unbranched alkanes of at least 4 members (excludes halogenated alkanes) is 23. The molecular weight excluding hydrogens is 605 g/mol. The third kappa shape index (κ3) is 18.2. The molecule has 0 radical (unpaired) electrons. The van der Waals surface area contributed by atoms with Crippen molar-refractivity contribution in [3.05, 3.63) is 89.5 Å². The van der Waals surface area contributed by atoms with Crippen LogP contribution in [0, 0.1) is 0 Å². The fourth-order valence-corrected chi connectivity index (χ4v) is 7.87. The van der Waals surface area contributed by atoms with Gasteiger partial charge in [-0.1, -0.05) is 216 Å². The molecule has 3 aromatic rings. The number of nitrogens with zero attached hydrogens (tertiary/aromatic N) is 2. The van der Waals surface area contributed by atoms with Crippen molar-refractivity contribution in [3.63, 3.8) is 0 Å². The average molecular weight is 684 g/mol. The summed E-state index contributed by atoms with van der Waals surface area (Å²) in [6, 6.07) is 22.4. The van der Waals surface area contributed by atoms with E-state index < -0.39 is 0 Å². The predicted octanol–water partition coefficient (Wildman–Crippen LogP) is 14.5. The van der Waals surface area contributed by atoms with E-state index in [1.807, 2.05) is 0 Å². The Morgan fingerprint density at radius 2 is 0.920 bits per heavy atom. The molecule has 2 heteroatoms. The number of hydrogen-bond acceptors (Lipinski definition) is 0. The summed E-state index contributed by atoms with van der Waals surface area (Å²) < 4.78 is 5.42. The van der Waals surface area contributed by atoms with Crippen LogP contribution in [-0.4, -0.2) is 4.57 Å². The molecule has 0 saturated carbocycles. The molecule has 0 amide bonds. The summed E-state index contributed by atoms with van der Waals surface area (Å²) in [5.74, 6) is 2.04. The first-order chi connectivity index (χ1) is 24.7. The van der Waals surface area contributed by atoms with E-state index in [-0.39, 0.29) is 0 Å². The van der Waals surface area contributed by atoms with Crippen molar-refractivity contribution in [3.8, 4) is 0 Å². The van der Waals surface area contributed by atoms with Gasteiger partial charge in [0.2, 0.25) is 0 Å². The van der Waals surface area contributed by atoms with Crippen LogP contribution in [0.4, 0.5) is 0 Å². The van der Waals surface area contributed by atoms with Crippen molar-refractivity contribution in [2.45, 2.75) is 213 Å². The quantitative estimate of drug-likeness (QED) is 0.0457. The maximum Gasteiger partial charge on any atom is 0.261 e. The Morgan fingerprint density at radius 1 is 0.500 bits per heavy atom. The van der Waals surface area contributed by atoms with Crippen LogP contribution in [0.5, 0.6) is 0 Å². The fourth-order valence-electron chi connectivity index (χ4n) is 7.87. The first-order valence-electron chi connectivity index (χ1n) is 21.9. The fraction of sp³-hybridized carbons (Fsp3) is 0.688. The molecule has 2 nitrogen and oxygen atoms in total. The van der Waals surface area contributed by atoms with Gasteiger partial charge in [0.25, 0.3) is 5.82 Å². The van der Waals surface area contributed by atoms with Crippen molar-refractivity contribution in [2.24, 2.45) is 0 Å². The van der Waals surface area contributed by atoms with Crippen molar-refractivity contribution < 1.29 is 4.57 Å². The molecular formula is C48H79N2+. The zero-order valence-corrected chi connectivity index (χ0v) is 33.3. The topological polar surface area (TPSA) is 8.81 Å². The zero-order valence-electron chi connectivity index (χ0n) is 33.3. The molecule has 0 aliphatic carbocycles. The molecule has 0 bridgehead atoms. The van der Waals surface area contributed by atoms with Gasteiger partial charge in [-0.3, -0.25) is 0 Å². The van der Waals surface area contributed by atoms with Gasteiger partial charge in [0.15, 0.2) is 0 Å². The number of aromatic nitrogens is 2. The first-order valence-corrected chi connectivity index (χ1v) is 21.9. The summed E-state index contributed by atoms with van der Waals surface area (Å²) in [7, 11) is 0. The molecule has 50 heavy (non-hydrogen) atoms. The van der Waals surface area contributed by atoms with E-state index in [0.29, 0.717) is 5.92 Å². The Balaban J connectivity index is 1.54. The van der Waals surface area contributed by atoms with E-state index in [1.165, 1.54) is 183 Å². The van der Waals surface area contributed by atoms with Crippen LogP contribution in [-0.2, 0) is 25.9 Å². The van der Waals surface area contributed by atoms with E-state index in [9.17, 15) is 0 Å². The van der Waals surface area contributed by atoms with Crippen molar-refractivity contribution in [2.75, 3.05) is 0 Å². The summed E-state index contributed by atoms with van der Waals surface area (Å²) in [6.07, 6.45) is 39.9. The summed E-state index contributed by atoms with van der Waals surface area (Å²) in [6.45, 7) is 9.35. The second-order valence-electron chi connectivity index (χ2n) is 15.7. The number of rotatable bonds is 32. The Bertz CT molecular complexity index is 1180. The molecule has 1 heterocycles. The van der Waals surface area contributed by atoms with Gasteiger partial charge in [0, 0.05) is 6.42 Å². The van der Waals surface area contributed by atoms with Gasteiger partial charge in [-0.15, -0.1) is 0 Å². The first kappa shape index (κ1) is 42.1. The molecule has 280 valence electrons. The molecule has 0 spiro atoms. The zero-order chi connectivity index (χ0) is 35.3. The normalized spacial score (nSPS) is 12.1. The van der Waals surface area contributed by atoms with E-state index in [1.54, 1.807) is 0 Å². The predicted molar refractivity (Wildman–Crippen MR) is 219 cm³/mol. The van der Waals surface area contributed by atoms with Gasteiger partial charge in [-0.2, -0.15) is 0 Å². The van der Waals surface area contributed by atoms with E-state index in [2.05, 4.69) is 96.8 Å². The minimum Gasteiger partial charge on any atom is -0.234 e. The number of aryl methyl sites for hydroxylation is 1. The van der Waals surface area contributed by atoms with Crippen LogP contribution < -0.4 is 4.57 Å². The molecule has 0 N–H and O–H groups in total. The SMILES string of the molecule is CCCCCCCCCCCCCCCC[n+]1cc(CC(C)c2ccccc2)n(CCCCCCCCCCCCC)c1Cc1ccccc1. The smallest absolute Gasteiger partial charge is 0.234 e. The monoisotopic (exact) mass is 684 g/mol. The number of hydrogen-bond donors (Lipinski definition) is 0. The van der Waals surface area contributed by atoms with Gasteiger partial charge in [-0.05, 0) is 42.7 Å². The molecule has 0 fully saturated rings. The molecule has 1 atom stereocenters. The van der Waals surface area contributed by atoms with E-state index in [0.717, 1.165) is 25.9 Å². The third-order valence-corrected chi connectivity index (χ3v) is 11.1. The highest BCUT2D eigenvalue weighted by atomic mass is 15.2. The molecule has 1 aromatic heterocycles. The van der Waals surface area contributed by atoms with Crippen molar-refractivity contribution >= 4 is 0 Å². The van der Waals surface area contributed by atoms with E-state index in [4.69, 9.17) is 0 Å². The highest BCUT2D eigenvalue weighted by Gasteiger charge is 2.25. The number of imidazole rings is 1. The van der Waals surface area contributed by atoms with Crippen LogP contribution in [0.15, 0.2) is 66.9 Å². The lowest BCUT2D eigenvalue weighted by atomic mass is 9.96. The van der Waals surface area contributed by atoms with Gasteiger partial charge >= 0.3 is 0 Å². The van der Waals surface area contributed by atoms with Crippen LogP contribution in [0.25, 0.3) is 0 Å². The standard InChI is InChI=1S/C48H79N2/c1-4-6-8-10-12-14-16-17-18-20-21-23-25-33-39-49-43-47(41-44(3)46-37-31-28-32-38-46)50(48(49)42-45-35-29-27-30-36-45)40-34-26-24-22-19-15-13-11-9-7-5-2/h27-32,35-38,43-44H,4-26,33-34,39-42H2,1-3H3/q+1. The van der Waals surface area contributed by atoms with Crippen LogP contribution in [0.2, 0.25) is 0 Å². The van der Waals surface area contributed by atoms with Gasteiger partial charge in [-0.25, -0.2) is 9.13 Å². The summed E-state index contributed by atoms with van der Waals surface area (Å²) in [5, 5.41) is 0. The third-order valence-electron chi connectivity index (χ3n) is 11.1. The second kappa shape index (κ2) is 28.3. The summed E-state index contributed by atoms with van der Waals surface area (Å²) in [4.78, 5) is 0. The summed E-state index contributed by atoms with van der Waals surface area (Å²) >= 11 is 0. The molecule has 2 aromatic carbocycles. The van der Waals surface area contributed by atoms with Crippen LogP contribution >= 0.6 is 0 Å². The molecule has 0 aliphatic heterocycles. The molecule has 3 rings (SSSR count). The van der Waals surface area contributed by atoms with Gasteiger partial charge < -0.3 is 0 Å². The second-order valence-corrected chi connectivity index (χ2v) is 15.7. The number of benzene rings is 2. The molecule has 0 aliphatic rings. The van der Waals surface area contributed by atoms with Crippen molar-refractivity contribution in [1.82, 2.24) is 4.57 Å². The molecule has 1 unspecified atom stereocenters. The van der Waals surface area contributed by atoms with E-state index >= 15 is 0 Å². The van der Waals surface area contributed by atoms with Crippen LogP contribution in [0.3, 0.4) is 0 Å². The lowest BCUT2D eigenvalue weighted by Gasteiger charge is -2.12. The largest absolute Gasteiger partial charge is 0.261 e. The maximum absolute atomic E-state index is 2.75. The Morgan fingerprint density at radius 3 is 1.40 bits per heavy atom. The van der Waals surface area contributed by atoms with Gasteiger partial charge in [0.05, 0.1) is 19.5 Å². The van der Waals surface area contributed by atoms with Crippen LogP contribution in [0.1, 0.15) is 210 Å². The average Bonchev–Trinajstić information content (AvgIpc) is 3.45. The highest BCUT2D eigenvalue weighted by molar-refractivity contribution is 5.22. The minimum atomic E-state index is 0.515. The molecule has 0 saturated heterocycles. The van der Waals surface area contributed by atoms with Crippen molar-refractivity contribution in [1.29, 1.82) is 0 Å². The Labute approximate surface area is 310 Å². The maximum atomic E-state index is 2.75. The lowest BCUT2D eigenvalue weighted by molar-refractivity contribution is -0.704. The highest BCUT2D eigenvalue weighted by Crippen LogP contribution is 2.23. The Kier molecular flexibility index (Phi) is 23.8. The Hall–Kier alpha value is -2.35.